The van der Waals surface area contributed by atoms with Crippen molar-refractivity contribution < 1.29 is 18.3 Å². The van der Waals surface area contributed by atoms with E-state index in [-0.39, 0.29) is 27.9 Å². The third-order valence-electron chi connectivity index (χ3n) is 3.67. The minimum Gasteiger partial charge on any atom is -0.504 e. The van der Waals surface area contributed by atoms with Crippen LogP contribution in [0.3, 0.4) is 0 Å². The molecule has 3 rings (SSSR count). The molecule has 1 aromatic heterocycles. The van der Waals surface area contributed by atoms with Crippen LogP contribution in [0.15, 0.2) is 35.4 Å². The number of carbonyl (C=O) groups excluding carboxylic acids is 1. The van der Waals surface area contributed by atoms with Gasteiger partial charge >= 0.3 is 0 Å². The molecular weight excluding hydrogens is 340 g/mol. The Labute approximate surface area is 138 Å². The van der Waals surface area contributed by atoms with Crippen LogP contribution in [0.5, 0.6) is 5.75 Å². The van der Waals surface area contributed by atoms with Crippen LogP contribution in [-0.4, -0.2) is 29.7 Å². The highest BCUT2D eigenvalue weighted by molar-refractivity contribution is 7.93. The van der Waals surface area contributed by atoms with Gasteiger partial charge in [-0.25, -0.2) is 13.4 Å². The lowest BCUT2D eigenvalue weighted by Crippen LogP contribution is -2.33. The van der Waals surface area contributed by atoms with E-state index < -0.39 is 21.0 Å². The van der Waals surface area contributed by atoms with Gasteiger partial charge in [-0.2, -0.15) is 0 Å². The zero-order valence-electron chi connectivity index (χ0n) is 12.1. The standard InChI is InChI=1S/C15H13ClN2O4S/c1-8-2-3-12-9(4-8)5-13(23(12,21)22)15(20)18-14-11(19)6-10(16)7-17-14/h2-4,6-7,13,19H,5H2,1H3,(H,17,18,20). The van der Waals surface area contributed by atoms with Gasteiger partial charge in [0.2, 0.25) is 5.91 Å². The molecule has 6 nitrogen and oxygen atoms in total. The number of nitrogens with one attached hydrogen (secondary N) is 1. The minimum atomic E-state index is -3.75. The van der Waals surface area contributed by atoms with Crippen LogP contribution in [0.25, 0.3) is 0 Å². The number of aromatic nitrogens is 1. The van der Waals surface area contributed by atoms with E-state index in [0.717, 1.165) is 5.56 Å². The van der Waals surface area contributed by atoms with Crippen LogP contribution >= 0.6 is 11.6 Å². The summed E-state index contributed by atoms with van der Waals surface area (Å²) in [5, 5.41) is 11.0. The molecule has 8 heteroatoms. The molecule has 23 heavy (non-hydrogen) atoms. The molecular formula is C15H13ClN2O4S. The van der Waals surface area contributed by atoms with Gasteiger partial charge in [0, 0.05) is 12.3 Å². The summed E-state index contributed by atoms with van der Waals surface area (Å²) >= 11 is 5.67. The summed E-state index contributed by atoms with van der Waals surface area (Å²) in [6.07, 6.45) is 1.34. The predicted molar refractivity (Wildman–Crippen MR) is 85.4 cm³/mol. The van der Waals surface area contributed by atoms with Crippen LogP contribution in [0.1, 0.15) is 11.1 Å². The zero-order valence-corrected chi connectivity index (χ0v) is 13.6. The molecule has 2 aromatic rings. The number of pyridine rings is 1. The van der Waals surface area contributed by atoms with E-state index in [9.17, 15) is 18.3 Å². The predicted octanol–water partition coefficient (Wildman–Crippen LogP) is 2.09. The zero-order chi connectivity index (χ0) is 16.8. The van der Waals surface area contributed by atoms with E-state index in [1.807, 2.05) is 6.92 Å². The molecule has 0 aliphatic carbocycles. The van der Waals surface area contributed by atoms with Crippen molar-refractivity contribution in [3.8, 4) is 5.75 Å². The third kappa shape index (κ3) is 2.77. The van der Waals surface area contributed by atoms with Crippen LogP contribution in [0.4, 0.5) is 5.82 Å². The SMILES string of the molecule is Cc1ccc2c(c1)CC(C(=O)Nc1ncc(Cl)cc1O)S2(=O)=O. The summed E-state index contributed by atoms with van der Waals surface area (Å²) in [6.45, 7) is 1.86. The van der Waals surface area contributed by atoms with Gasteiger partial charge < -0.3 is 10.4 Å². The van der Waals surface area contributed by atoms with E-state index in [1.54, 1.807) is 12.1 Å². The number of benzene rings is 1. The first-order valence-corrected chi connectivity index (χ1v) is 8.70. The minimum absolute atomic E-state index is 0.0968. The fourth-order valence-corrected chi connectivity index (χ4v) is 4.53. The molecule has 1 atom stereocenters. The number of fused-ring (bicyclic) bond motifs is 1. The summed E-state index contributed by atoms with van der Waals surface area (Å²) in [7, 11) is -3.75. The fourth-order valence-electron chi connectivity index (χ4n) is 2.56. The van der Waals surface area contributed by atoms with Gasteiger partial charge in [0.25, 0.3) is 0 Å². The number of anilines is 1. The Balaban J connectivity index is 1.89. The van der Waals surface area contributed by atoms with Crippen molar-refractivity contribution in [2.24, 2.45) is 0 Å². The van der Waals surface area contributed by atoms with E-state index >= 15 is 0 Å². The summed E-state index contributed by atoms with van der Waals surface area (Å²) in [5.74, 6) is -1.18. The molecule has 0 fully saturated rings. The molecule has 0 saturated heterocycles. The number of aromatic hydroxyl groups is 1. The summed E-state index contributed by atoms with van der Waals surface area (Å²) in [5.41, 5.74) is 1.55. The largest absolute Gasteiger partial charge is 0.504 e. The Bertz CT molecular complexity index is 912. The summed E-state index contributed by atoms with van der Waals surface area (Å²) in [4.78, 5) is 16.3. The van der Waals surface area contributed by atoms with Gasteiger partial charge in [-0.15, -0.1) is 0 Å². The maximum atomic E-state index is 12.5. The second-order valence-electron chi connectivity index (χ2n) is 5.36. The molecule has 120 valence electrons. The van der Waals surface area contributed by atoms with E-state index in [0.29, 0.717) is 5.56 Å². The van der Waals surface area contributed by atoms with Gasteiger partial charge in [-0.1, -0.05) is 29.3 Å². The molecule has 2 N–H and O–H groups in total. The van der Waals surface area contributed by atoms with Gasteiger partial charge in [0.1, 0.15) is 5.25 Å². The van der Waals surface area contributed by atoms with Crippen molar-refractivity contribution in [2.45, 2.75) is 23.5 Å². The van der Waals surface area contributed by atoms with Gasteiger partial charge in [-0.3, -0.25) is 4.79 Å². The number of rotatable bonds is 2. The summed E-state index contributed by atoms with van der Waals surface area (Å²) < 4.78 is 25.0. The van der Waals surface area contributed by atoms with Crippen LogP contribution in [0.2, 0.25) is 5.02 Å². The highest BCUT2D eigenvalue weighted by atomic mass is 35.5. The van der Waals surface area contributed by atoms with Crippen LogP contribution < -0.4 is 5.32 Å². The molecule has 1 unspecified atom stereocenters. The van der Waals surface area contributed by atoms with Gasteiger partial charge in [0.15, 0.2) is 21.4 Å². The molecule has 1 amide bonds. The average molecular weight is 353 g/mol. The molecule has 1 aliphatic heterocycles. The third-order valence-corrected chi connectivity index (χ3v) is 6.02. The topological polar surface area (TPSA) is 96.4 Å². The average Bonchev–Trinajstić information content (AvgIpc) is 2.72. The second-order valence-corrected chi connectivity index (χ2v) is 7.89. The lowest BCUT2D eigenvalue weighted by molar-refractivity contribution is -0.115. The lowest BCUT2D eigenvalue weighted by Gasteiger charge is -2.11. The molecule has 0 spiro atoms. The Morgan fingerprint density at radius 1 is 1.39 bits per heavy atom. The smallest absolute Gasteiger partial charge is 0.244 e. The number of aryl methyl sites for hydroxylation is 1. The van der Waals surface area contributed by atoms with Gasteiger partial charge in [-0.05, 0) is 25.0 Å². The number of halogens is 1. The van der Waals surface area contributed by atoms with Crippen molar-refractivity contribution >= 4 is 33.2 Å². The van der Waals surface area contributed by atoms with Crippen molar-refractivity contribution in [1.82, 2.24) is 4.98 Å². The monoisotopic (exact) mass is 352 g/mol. The second kappa shape index (κ2) is 5.50. The molecule has 2 heterocycles. The Morgan fingerprint density at radius 3 is 2.83 bits per heavy atom. The van der Waals surface area contributed by atoms with E-state index in [2.05, 4.69) is 10.3 Å². The fraction of sp³-hybridized carbons (Fsp3) is 0.200. The number of carbonyl (C=O) groups is 1. The van der Waals surface area contributed by atoms with E-state index in [4.69, 9.17) is 11.6 Å². The van der Waals surface area contributed by atoms with Crippen molar-refractivity contribution in [3.63, 3.8) is 0 Å². The Kier molecular flexibility index (Phi) is 3.77. The highest BCUT2D eigenvalue weighted by Crippen LogP contribution is 2.33. The number of nitrogens with zero attached hydrogens (tertiary/aromatic N) is 1. The van der Waals surface area contributed by atoms with Crippen LogP contribution in [-0.2, 0) is 21.1 Å². The number of hydrogen-bond acceptors (Lipinski definition) is 5. The Morgan fingerprint density at radius 2 is 2.13 bits per heavy atom. The molecule has 0 bridgehead atoms. The first-order valence-electron chi connectivity index (χ1n) is 6.78. The normalized spacial score (nSPS) is 18.4. The number of hydrogen-bond donors (Lipinski definition) is 2. The highest BCUT2D eigenvalue weighted by Gasteiger charge is 2.42. The van der Waals surface area contributed by atoms with Crippen molar-refractivity contribution in [3.05, 3.63) is 46.6 Å². The van der Waals surface area contributed by atoms with Crippen LogP contribution in [0, 0.1) is 6.92 Å². The maximum Gasteiger partial charge on any atom is 0.244 e. The summed E-state index contributed by atoms with van der Waals surface area (Å²) in [6, 6.07) is 6.19. The first kappa shape index (κ1) is 15.8. The molecule has 0 saturated carbocycles. The molecule has 1 aromatic carbocycles. The number of amides is 1. The number of sulfone groups is 1. The molecule has 0 radical (unpaired) electrons. The Hall–Kier alpha value is -2.12. The van der Waals surface area contributed by atoms with Gasteiger partial charge in [0.05, 0.1) is 9.92 Å². The van der Waals surface area contributed by atoms with Crippen molar-refractivity contribution in [1.29, 1.82) is 0 Å². The lowest BCUT2D eigenvalue weighted by atomic mass is 10.1. The first-order chi connectivity index (χ1) is 10.8. The maximum absolute atomic E-state index is 12.5. The van der Waals surface area contributed by atoms with E-state index in [1.165, 1.54) is 18.3 Å². The quantitative estimate of drug-likeness (QED) is 0.862. The van der Waals surface area contributed by atoms with Crippen molar-refractivity contribution in [2.75, 3.05) is 5.32 Å². The molecule has 1 aliphatic rings.